The van der Waals surface area contributed by atoms with Gasteiger partial charge in [0.1, 0.15) is 5.75 Å². The summed E-state index contributed by atoms with van der Waals surface area (Å²) in [6.07, 6.45) is 6.82. The van der Waals surface area contributed by atoms with Crippen LogP contribution in [0.5, 0.6) is 5.75 Å². The van der Waals surface area contributed by atoms with Crippen molar-refractivity contribution in [3.8, 4) is 5.75 Å². The number of thioether (sulfide) groups is 1. The van der Waals surface area contributed by atoms with Gasteiger partial charge in [0.2, 0.25) is 0 Å². The van der Waals surface area contributed by atoms with Crippen molar-refractivity contribution >= 4 is 35.0 Å². The fourth-order valence-corrected chi connectivity index (χ4v) is 4.49. The summed E-state index contributed by atoms with van der Waals surface area (Å²) >= 11 is 7.84. The molecule has 2 fully saturated rings. The van der Waals surface area contributed by atoms with Gasteiger partial charge in [-0.2, -0.15) is 11.8 Å². The van der Waals surface area contributed by atoms with Crippen molar-refractivity contribution in [3.05, 3.63) is 22.7 Å². The van der Waals surface area contributed by atoms with Crippen molar-refractivity contribution in [3.63, 3.8) is 0 Å². The number of halogens is 1. The number of ether oxygens (including phenoxy) is 1. The Hall–Kier alpha value is -1.11. The molecule has 26 heavy (non-hydrogen) atoms. The van der Waals surface area contributed by atoms with Gasteiger partial charge in [-0.15, -0.1) is 0 Å². The summed E-state index contributed by atoms with van der Waals surface area (Å²) in [4.78, 5) is 15.4. The summed E-state index contributed by atoms with van der Waals surface area (Å²) in [5.74, 6) is 1.22. The zero-order chi connectivity index (χ0) is 18.6. The van der Waals surface area contributed by atoms with Crippen molar-refractivity contribution in [2.24, 2.45) is 5.41 Å². The Balaban J connectivity index is 1.69. The van der Waals surface area contributed by atoms with Gasteiger partial charge in [-0.3, -0.25) is 4.79 Å². The molecule has 3 rings (SSSR count). The highest BCUT2D eigenvalue weighted by molar-refractivity contribution is 7.98. The first-order chi connectivity index (χ1) is 12.5. The van der Waals surface area contributed by atoms with E-state index in [4.69, 9.17) is 22.1 Å². The highest BCUT2D eigenvalue weighted by Crippen LogP contribution is 2.38. The number of nitrogens with zero attached hydrogens (tertiary/aromatic N) is 1. The second-order valence-corrected chi connectivity index (χ2v) is 8.77. The Morgan fingerprint density at radius 3 is 2.81 bits per heavy atom. The summed E-state index contributed by atoms with van der Waals surface area (Å²) in [5, 5.41) is 3.52. The molecule has 0 aliphatic carbocycles. The number of nitrogens with two attached hydrogens (primary N) is 1. The molecule has 0 saturated carbocycles. The summed E-state index contributed by atoms with van der Waals surface area (Å²) in [5.41, 5.74) is 7.00. The van der Waals surface area contributed by atoms with Gasteiger partial charge < -0.3 is 20.7 Å². The lowest BCUT2D eigenvalue weighted by molar-refractivity contribution is 0.0369. The van der Waals surface area contributed by atoms with Gasteiger partial charge in [-0.25, -0.2) is 0 Å². The maximum atomic E-state index is 12.9. The molecule has 144 valence electrons. The molecule has 7 heteroatoms. The lowest BCUT2D eigenvalue weighted by Crippen LogP contribution is -2.52. The van der Waals surface area contributed by atoms with Crippen LogP contribution >= 0.6 is 23.4 Å². The minimum Gasteiger partial charge on any atom is -0.492 e. The average molecular weight is 398 g/mol. The number of hydrogen-bond acceptors (Lipinski definition) is 5. The van der Waals surface area contributed by atoms with Crippen LogP contribution in [0.2, 0.25) is 5.02 Å². The van der Waals surface area contributed by atoms with Crippen molar-refractivity contribution in [1.82, 2.24) is 10.2 Å². The minimum absolute atomic E-state index is 0.136. The minimum atomic E-state index is -0.136. The van der Waals surface area contributed by atoms with Crippen LogP contribution in [-0.4, -0.2) is 55.6 Å². The Bertz CT molecular complexity index is 646. The third-order valence-corrected chi connectivity index (χ3v) is 6.34. The third-order valence-electron chi connectivity index (χ3n) is 5.43. The second-order valence-electron chi connectivity index (χ2n) is 7.38. The molecule has 1 amide bonds. The lowest BCUT2D eigenvalue weighted by Gasteiger charge is -2.47. The van der Waals surface area contributed by atoms with Crippen molar-refractivity contribution < 1.29 is 9.53 Å². The molecule has 0 aromatic heterocycles. The predicted molar refractivity (Wildman–Crippen MR) is 109 cm³/mol. The monoisotopic (exact) mass is 397 g/mol. The largest absolute Gasteiger partial charge is 0.492 e. The second kappa shape index (κ2) is 8.72. The topological polar surface area (TPSA) is 67.6 Å². The Labute approximate surface area is 165 Å². The van der Waals surface area contributed by atoms with E-state index in [0.29, 0.717) is 35.2 Å². The van der Waals surface area contributed by atoms with Crippen LogP contribution in [0.4, 0.5) is 5.69 Å². The zero-order valence-electron chi connectivity index (χ0n) is 15.4. The van der Waals surface area contributed by atoms with E-state index in [1.807, 2.05) is 6.26 Å². The Morgan fingerprint density at radius 2 is 2.12 bits per heavy atom. The molecule has 2 aliphatic heterocycles. The van der Waals surface area contributed by atoms with Gasteiger partial charge in [0.25, 0.3) is 5.91 Å². The molecule has 0 radical (unpaired) electrons. The lowest BCUT2D eigenvalue weighted by atomic mass is 9.73. The Morgan fingerprint density at radius 1 is 1.38 bits per heavy atom. The summed E-state index contributed by atoms with van der Waals surface area (Å²) in [7, 11) is 0. The van der Waals surface area contributed by atoms with Gasteiger partial charge in [0, 0.05) is 30.3 Å². The first-order valence-corrected chi connectivity index (χ1v) is 11.0. The molecular formula is C19H28ClN3O2S. The number of benzene rings is 1. The number of carbonyl (C=O) groups is 1. The van der Waals surface area contributed by atoms with E-state index in [-0.39, 0.29) is 11.3 Å². The maximum Gasteiger partial charge on any atom is 0.255 e. The number of nitrogen functional groups attached to an aromatic ring is 1. The fraction of sp³-hybridized carbons (Fsp3) is 0.632. The molecule has 5 nitrogen and oxygen atoms in total. The van der Waals surface area contributed by atoms with E-state index in [9.17, 15) is 4.79 Å². The number of piperidine rings is 2. The van der Waals surface area contributed by atoms with Gasteiger partial charge in [-0.05, 0) is 51.1 Å². The Kier molecular flexibility index (Phi) is 6.59. The quantitative estimate of drug-likeness (QED) is 0.546. The highest BCUT2D eigenvalue weighted by Gasteiger charge is 2.38. The molecular weight excluding hydrogens is 370 g/mol. The highest BCUT2D eigenvalue weighted by atomic mass is 35.5. The molecule has 0 unspecified atom stereocenters. The summed E-state index contributed by atoms with van der Waals surface area (Å²) < 4.78 is 5.78. The van der Waals surface area contributed by atoms with Crippen molar-refractivity contribution in [1.29, 1.82) is 0 Å². The molecule has 2 bridgehead atoms. The standard InChI is InChI=1S/C19H28ClN3O2S/c1-26-9-8-25-17-11-16(21)15(20)10-14(17)18(24)22-12-19-4-2-6-23(13-19)7-3-5-19/h10-11H,2-9,12-13,21H2,1H3,(H,22,24). The fourth-order valence-electron chi connectivity index (χ4n) is 4.08. The van der Waals surface area contributed by atoms with Crippen molar-refractivity contribution in [2.45, 2.75) is 25.7 Å². The maximum absolute atomic E-state index is 12.9. The van der Waals surface area contributed by atoms with Crippen LogP contribution in [0, 0.1) is 5.41 Å². The van der Waals surface area contributed by atoms with Gasteiger partial charge >= 0.3 is 0 Å². The molecule has 2 heterocycles. The molecule has 2 aliphatic rings. The molecule has 2 saturated heterocycles. The number of rotatable bonds is 7. The first-order valence-electron chi connectivity index (χ1n) is 9.24. The van der Waals surface area contributed by atoms with Crippen molar-refractivity contribution in [2.75, 3.05) is 50.5 Å². The van der Waals surface area contributed by atoms with E-state index in [1.54, 1.807) is 23.9 Å². The van der Waals surface area contributed by atoms with E-state index >= 15 is 0 Å². The van der Waals surface area contributed by atoms with Gasteiger partial charge in [0.15, 0.2) is 0 Å². The van der Waals surface area contributed by atoms with Crippen LogP contribution in [0.25, 0.3) is 0 Å². The SMILES string of the molecule is CSCCOc1cc(N)c(Cl)cc1C(=O)NCC12CCCN(CCC1)C2. The number of hydrogen-bond donors (Lipinski definition) is 2. The number of amides is 1. The summed E-state index contributed by atoms with van der Waals surface area (Å²) in [6.45, 7) is 4.70. The van der Waals surface area contributed by atoms with Crippen LogP contribution in [0.1, 0.15) is 36.0 Å². The number of fused-ring (bicyclic) bond motifs is 2. The summed E-state index contributed by atoms with van der Waals surface area (Å²) in [6, 6.07) is 3.27. The third kappa shape index (κ3) is 4.59. The van der Waals surface area contributed by atoms with Gasteiger partial charge in [-0.1, -0.05) is 11.6 Å². The number of carbonyl (C=O) groups excluding carboxylic acids is 1. The molecule has 1 aromatic carbocycles. The number of anilines is 1. The normalized spacial score (nSPS) is 24.9. The molecule has 0 spiro atoms. The smallest absolute Gasteiger partial charge is 0.255 e. The van der Waals surface area contributed by atoms with Crippen LogP contribution in [0.15, 0.2) is 12.1 Å². The molecule has 3 N–H and O–H groups in total. The molecule has 0 atom stereocenters. The van der Waals surface area contributed by atoms with Crippen LogP contribution in [-0.2, 0) is 0 Å². The molecule has 1 aromatic rings. The van der Waals surface area contributed by atoms with E-state index in [0.717, 1.165) is 12.3 Å². The number of nitrogens with one attached hydrogen (secondary N) is 1. The van der Waals surface area contributed by atoms with Gasteiger partial charge in [0.05, 0.1) is 22.9 Å². The average Bonchev–Trinajstić information content (AvgIpc) is 2.63. The zero-order valence-corrected chi connectivity index (χ0v) is 16.9. The van der Waals surface area contributed by atoms with E-state index in [2.05, 4.69) is 10.2 Å². The van der Waals surface area contributed by atoms with E-state index in [1.165, 1.54) is 38.8 Å². The van der Waals surface area contributed by atoms with Crippen LogP contribution < -0.4 is 15.8 Å². The van der Waals surface area contributed by atoms with E-state index < -0.39 is 0 Å². The predicted octanol–water partition coefficient (Wildman–Crippen LogP) is 3.27. The van der Waals surface area contributed by atoms with Crippen LogP contribution in [0.3, 0.4) is 0 Å². The first kappa shape index (κ1) is 19.6.